The highest BCUT2D eigenvalue weighted by molar-refractivity contribution is 5.94. The molecule has 1 amide bonds. The van der Waals surface area contributed by atoms with Crippen LogP contribution in [0.3, 0.4) is 0 Å². The maximum absolute atomic E-state index is 14.0. The number of amides is 1. The molecular formula is C19H20FNO. The van der Waals surface area contributed by atoms with Crippen LogP contribution in [0.2, 0.25) is 0 Å². The van der Waals surface area contributed by atoms with Crippen molar-refractivity contribution < 1.29 is 9.18 Å². The van der Waals surface area contributed by atoms with Crippen molar-refractivity contribution in [1.82, 2.24) is 0 Å². The Morgan fingerprint density at radius 2 is 1.77 bits per heavy atom. The highest BCUT2D eigenvalue weighted by Crippen LogP contribution is 2.35. The minimum Gasteiger partial charge on any atom is -0.366 e. The van der Waals surface area contributed by atoms with Gasteiger partial charge in [0.05, 0.1) is 0 Å². The van der Waals surface area contributed by atoms with E-state index in [-0.39, 0.29) is 5.82 Å². The van der Waals surface area contributed by atoms with Gasteiger partial charge in [-0.05, 0) is 59.7 Å². The maximum atomic E-state index is 14.0. The molecule has 22 heavy (non-hydrogen) atoms. The van der Waals surface area contributed by atoms with E-state index in [2.05, 4.69) is 6.07 Å². The summed E-state index contributed by atoms with van der Waals surface area (Å²) in [4.78, 5) is 11.3. The van der Waals surface area contributed by atoms with Crippen LogP contribution in [0.15, 0.2) is 42.5 Å². The highest BCUT2D eigenvalue weighted by atomic mass is 19.1. The van der Waals surface area contributed by atoms with E-state index < -0.39 is 5.91 Å². The smallest absolute Gasteiger partial charge is 0.248 e. The Hall–Kier alpha value is -2.16. The summed E-state index contributed by atoms with van der Waals surface area (Å²) in [5, 5.41) is 0. The Kier molecular flexibility index (Phi) is 4.23. The second-order valence-electron chi connectivity index (χ2n) is 6.05. The number of carbonyl (C=O) groups is 1. The molecule has 3 rings (SSSR count). The van der Waals surface area contributed by atoms with Gasteiger partial charge in [-0.25, -0.2) is 4.39 Å². The summed E-state index contributed by atoms with van der Waals surface area (Å²) < 4.78 is 14.0. The van der Waals surface area contributed by atoms with Gasteiger partial charge in [0.25, 0.3) is 0 Å². The normalized spacial score (nSPS) is 15.7. The molecule has 1 saturated carbocycles. The van der Waals surface area contributed by atoms with E-state index in [4.69, 9.17) is 5.73 Å². The van der Waals surface area contributed by atoms with E-state index in [1.165, 1.54) is 25.3 Å². The largest absolute Gasteiger partial charge is 0.366 e. The van der Waals surface area contributed by atoms with Gasteiger partial charge < -0.3 is 5.73 Å². The minimum atomic E-state index is -0.467. The van der Waals surface area contributed by atoms with Crippen molar-refractivity contribution >= 4 is 5.91 Å². The van der Waals surface area contributed by atoms with E-state index in [0.717, 1.165) is 29.5 Å². The zero-order valence-electron chi connectivity index (χ0n) is 12.5. The molecule has 3 heteroatoms. The van der Waals surface area contributed by atoms with Crippen molar-refractivity contribution in [2.75, 3.05) is 0 Å². The standard InChI is InChI=1S/C19H20FNO/c20-18-11-16(13-5-2-1-3-6-13)10-17(12-18)14-7-4-8-15(9-14)19(21)22/h4,7-13H,1-3,5-6H2,(H2,21,22). The van der Waals surface area contributed by atoms with Crippen LogP contribution in [0.5, 0.6) is 0 Å². The number of halogens is 1. The van der Waals surface area contributed by atoms with Crippen molar-refractivity contribution in [3.05, 3.63) is 59.4 Å². The fraction of sp³-hybridized carbons (Fsp3) is 0.316. The average molecular weight is 297 g/mol. The van der Waals surface area contributed by atoms with Crippen molar-refractivity contribution in [2.24, 2.45) is 5.73 Å². The first-order valence-electron chi connectivity index (χ1n) is 7.84. The van der Waals surface area contributed by atoms with Crippen LogP contribution >= 0.6 is 0 Å². The predicted octanol–water partition coefficient (Wildman–Crippen LogP) is 4.64. The molecule has 2 aromatic rings. The third-order valence-electron chi connectivity index (χ3n) is 4.48. The SMILES string of the molecule is NC(=O)c1cccc(-c2cc(F)cc(C3CCCCC3)c2)c1. The third kappa shape index (κ3) is 3.19. The molecule has 1 fully saturated rings. The molecule has 0 aliphatic heterocycles. The molecule has 0 spiro atoms. The molecule has 0 saturated heterocycles. The zero-order valence-corrected chi connectivity index (χ0v) is 12.5. The zero-order chi connectivity index (χ0) is 15.5. The topological polar surface area (TPSA) is 43.1 Å². The number of hydrogen-bond acceptors (Lipinski definition) is 1. The van der Waals surface area contributed by atoms with Gasteiger partial charge in [-0.2, -0.15) is 0 Å². The lowest BCUT2D eigenvalue weighted by molar-refractivity contribution is 0.100. The summed E-state index contributed by atoms with van der Waals surface area (Å²) in [6, 6.07) is 12.3. The quantitative estimate of drug-likeness (QED) is 0.881. The van der Waals surface area contributed by atoms with Gasteiger partial charge >= 0.3 is 0 Å². The van der Waals surface area contributed by atoms with Gasteiger partial charge in [-0.3, -0.25) is 4.79 Å². The average Bonchev–Trinajstić information content (AvgIpc) is 2.55. The van der Waals surface area contributed by atoms with Crippen LogP contribution in [0.25, 0.3) is 11.1 Å². The Labute approximate surface area is 130 Å². The molecule has 1 aliphatic rings. The fourth-order valence-electron chi connectivity index (χ4n) is 3.30. The molecule has 114 valence electrons. The van der Waals surface area contributed by atoms with Crippen LogP contribution in [-0.4, -0.2) is 5.91 Å². The number of carbonyl (C=O) groups excluding carboxylic acids is 1. The molecule has 2 aromatic carbocycles. The lowest BCUT2D eigenvalue weighted by atomic mass is 9.83. The van der Waals surface area contributed by atoms with Crippen molar-refractivity contribution in [3.8, 4) is 11.1 Å². The number of primary amides is 1. The van der Waals surface area contributed by atoms with Gasteiger partial charge in [0, 0.05) is 5.56 Å². The number of nitrogens with two attached hydrogens (primary N) is 1. The van der Waals surface area contributed by atoms with Crippen LogP contribution < -0.4 is 5.73 Å². The van der Waals surface area contributed by atoms with Crippen LogP contribution in [0.1, 0.15) is 53.9 Å². The summed E-state index contributed by atoms with van der Waals surface area (Å²) >= 11 is 0. The van der Waals surface area contributed by atoms with Crippen LogP contribution in [0, 0.1) is 5.82 Å². The van der Waals surface area contributed by atoms with Gasteiger partial charge in [0.15, 0.2) is 0 Å². The van der Waals surface area contributed by atoms with Gasteiger partial charge in [-0.1, -0.05) is 37.5 Å². The monoisotopic (exact) mass is 297 g/mol. The molecule has 0 bridgehead atoms. The highest BCUT2D eigenvalue weighted by Gasteiger charge is 2.17. The van der Waals surface area contributed by atoms with Gasteiger partial charge in [0.1, 0.15) is 5.82 Å². The summed E-state index contributed by atoms with van der Waals surface area (Å²) in [7, 11) is 0. The Morgan fingerprint density at radius 1 is 1.00 bits per heavy atom. The first-order chi connectivity index (χ1) is 10.6. The summed E-state index contributed by atoms with van der Waals surface area (Å²) in [6.45, 7) is 0. The third-order valence-corrected chi connectivity index (χ3v) is 4.48. The maximum Gasteiger partial charge on any atom is 0.248 e. The molecule has 1 aliphatic carbocycles. The second-order valence-corrected chi connectivity index (χ2v) is 6.05. The van der Waals surface area contributed by atoms with E-state index >= 15 is 0 Å². The molecule has 0 unspecified atom stereocenters. The van der Waals surface area contributed by atoms with E-state index in [1.54, 1.807) is 24.3 Å². The Balaban J connectivity index is 1.98. The molecule has 2 N–H and O–H groups in total. The van der Waals surface area contributed by atoms with E-state index in [0.29, 0.717) is 11.5 Å². The van der Waals surface area contributed by atoms with Crippen molar-refractivity contribution in [3.63, 3.8) is 0 Å². The minimum absolute atomic E-state index is 0.220. The fourth-order valence-corrected chi connectivity index (χ4v) is 3.30. The first-order valence-corrected chi connectivity index (χ1v) is 7.84. The molecule has 0 radical (unpaired) electrons. The molecule has 0 atom stereocenters. The Morgan fingerprint density at radius 3 is 2.50 bits per heavy atom. The molecular weight excluding hydrogens is 277 g/mol. The van der Waals surface area contributed by atoms with Crippen LogP contribution in [-0.2, 0) is 0 Å². The van der Waals surface area contributed by atoms with Crippen molar-refractivity contribution in [2.45, 2.75) is 38.0 Å². The number of benzene rings is 2. The first kappa shape index (κ1) is 14.8. The lowest BCUT2D eigenvalue weighted by Crippen LogP contribution is -2.10. The molecule has 0 aromatic heterocycles. The van der Waals surface area contributed by atoms with E-state index in [1.807, 2.05) is 6.07 Å². The van der Waals surface area contributed by atoms with Gasteiger partial charge in [-0.15, -0.1) is 0 Å². The number of hydrogen-bond donors (Lipinski definition) is 1. The summed E-state index contributed by atoms with van der Waals surface area (Å²) in [5.41, 5.74) is 8.47. The summed E-state index contributed by atoms with van der Waals surface area (Å²) in [6.07, 6.45) is 5.97. The van der Waals surface area contributed by atoms with Crippen LogP contribution in [0.4, 0.5) is 4.39 Å². The van der Waals surface area contributed by atoms with Gasteiger partial charge in [0.2, 0.25) is 5.91 Å². The summed E-state index contributed by atoms with van der Waals surface area (Å²) in [5.74, 6) is -0.240. The van der Waals surface area contributed by atoms with E-state index in [9.17, 15) is 9.18 Å². The lowest BCUT2D eigenvalue weighted by Gasteiger charge is -2.22. The number of rotatable bonds is 3. The van der Waals surface area contributed by atoms with Crippen molar-refractivity contribution in [1.29, 1.82) is 0 Å². The molecule has 2 nitrogen and oxygen atoms in total. The molecule has 0 heterocycles. The second kappa shape index (κ2) is 6.30. The predicted molar refractivity (Wildman–Crippen MR) is 86.2 cm³/mol. The Bertz CT molecular complexity index is 690.